The number of hydrogen-bond donors (Lipinski definition) is 1. The first kappa shape index (κ1) is 13.0. The van der Waals surface area contributed by atoms with Crippen molar-refractivity contribution in [3.05, 3.63) is 15.6 Å². The van der Waals surface area contributed by atoms with Crippen LogP contribution in [-0.2, 0) is 18.4 Å². The van der Waals surface area contributed by atoms with E-state index < -0.39 is 0 Å². The molecule has 1 heterocycles. The van der Waals surface area contributed by atoms with Crippen molar-refractivity contribution in [1.82, 2.24) is 4.98 Å². The van der Waals surface area contributed by atoms with E-state index in [4.69, 9.17) is 10.7 Å². The first-order valence-corrected chi connectivity index (χ1v) is 7.53. The zero-order chi connectivity index (χ0) is 12.6. The molecular formula is C14H24N2S. The molecule has 2 nitrogen and oxygen atoms in total. The van der Waals surface area contributed by atoms with Gasteiger partial charge in [-0.1, -0.05) is 20.8 Å². The molecule has 1 aromatic heterocycles. The van der Waals surface area contributed by atoms with Crippen LogP contribution < -0.4 is 5.73 Å². The summed E-state index contributed by atoms with van der Waals surface area (Å²) >= 11 is 1.85. The summed E-state index contributed by atoms with van der Waals surface area (Å²) in [7, 11) is 0. The van der Waals surface area contributed by atoms with E-state index in [1.807, 2.05) is 11.3 Å². The molecule has 2 unspecified atom stereocenters. The number of thiazole rings is 1. The number of nitrogens with two attached hydrogens (primary N) is 1. The summed E-state index contributed by atoms with van der Waals surface area (Å²) in [6.45, 7) is 8.89. The summed E-state index contributed by atoms with van der Waals surface area (Å²) in [5.41, 5.74) is 7.38. The van der Waals surface area contributed by atoms with Crippen LogP contribution in [0.25, 0.3) is 0 Å². The van der Waals surface area contributed by atoms with Crippen molar-refractivity contribution in [2.24, 2.45) is 17.6 Å². The van der Waals surface area contributed by atoms with Gasteiger partial charge in [0.05, 0.1) is 11.2 Å². The maximum Gasteiger partial charge on any atom is 0.113 e. The second kappa shape index (κ2) is 4.69. The van der Waals surface area contributed by atoms with Crippen molar-refractivity contribution < 1.29 is 0 Å². The average Bonchev–Trinajstić information content (AvgIpc) is 2.72. The van der Waals surface area contributed by atoms with Gasteiger partial charge in [-0.3, -0.25) is 0 Å². The molecule has 0 amide bonds. The van der Waals surface area contributed by atoms with Gasteiger partial charge < -0.3 is 5.73 Å². The number of nitrogens with zero attached hydrogens (tertiary/aromatic N) is 1. The van der Waals surface area contributed by atoms with Crippen LogP contribution in [0.3, 0.4) is 0 Å². The summed E-state index contributed by atoms with van der Waals surface area (Å²) < 4.78 is 0. The van der Waals surface area contributed by atoms with Crippen LogP contribution in [0.5, 0.6) is 0 Å². The van der Waals surface area contributed by atoms with Gasteiger partial charge in [-0.25, -0.2) is 4.98 Å². The number of fused-ring (bicyclic) bond motifs is 1. The molecule has 0 bridgehead atoms. The minimum atomic E-state index is -0.241. The fourth-order valence-corrected chi connectivity index (χ4v) is 3.69. The highest BCUT2D eigenvalue weighted by atomic mass is 32.1. The second-order valence-electron chi connectivity index (χ2n) is 5.91. The van der Waals surface area contributed by atoms with E-state index in [1.165, 1.54) is 23.4 Å². The Morgan fingerprint density at radius 1 is 1.53 bits per heavy atom. The maximum absolute atomic E-state index is 6.29. The standard InChI is InChI=1S/C14H24N2S/c1-5-14(4,15)13-16-11-7-6-10(9(2)3)8-12(11)17-13/h9-10H,5-8,15H2,1-4H3. The Morgan fingerprint density at radius 2 is 2.24 bits per heavy atom. The molecule has 3 heteroatoms. The highest BCUT2D eigenvalue weighted by Gasteiger charge is 2.29. The van der Waals surface area contributed by atoms with Gasteiger partial charge in [0.2, 0.25) is 0 Å². The van der Waals surface area contributed by atoms with Crippen molar-refractivity contribution >= 4 is 11.3 Å². The van der Waals surface area contributed by atoms with Gasteiger partial charge in [0.15, 0.2) is 0 Å². The molecule has 2 N–H and O–H groups in total. The molecule has 1 aromatic rings. The van der Waals surface area contributed by atoms with Gasteiger partial charge in [0.25, 0.3) is 0 Å². The molecule has 0 fully saturated rings. The normalized spacial score (nSPS) is 23.5. The fourth-order valence-electron chi connectivity index (χ4n) is 2.37. The van der Waals surface area contributed by atoms with Gasteiger partial charge >= 0.3 is 0 Å². The van der Waals surface area contributed by atoms with Crippen LogP contribution in [0.1, 0.15) is 56.1 Å². The molecule has 0 aliphatic heterocycles. The lowest BCUT2D eigenvalue weighted by Gasteiger charge is -2.24. The summed E-state index contributed by atoms with van der Waals surface area (Å²) in [4.78, 5) is 6.28. The Morgan fingerprint density at radius 3 is 2.82 bits per heavy atom. The van der Waals surface area contributed by atoms with E-state index in [0.29, 0.717) is 0 Å². The van der Waals surface area contributed by atoms with Crippen LogP contribution in [0.15, 0.2) is 0 Å². The van der Waals surface area contributed by atoms with E-state index in [9.17, 15) is 0 Å². The smallest absolute Gasteiger partial charge is 0.113 e. The molecule has 0 spiro atoms. The highest BCUT2D eigenvalue weighted by molar-refractivity contribution is 7.11. The van der Waals surface area contributed by atoms with Crippen LogP contribution in [0.2, 0.25) is 0 Å². The molecule has 1 aliphatic carbocycles. The van der Waals surface area contributed by atoms with E-state index in [1.54, 1.807) is 0 Å². The lowest BCUT2D eigenvalue weighted by atomic mass is 9.83. The predicted octanol–water partition coefficient (Wildman–Crippen LogP) is 3.49. The molecular weight excluding hydrogens is 228 g/mol. The highest BCUT2D eigenvalue weighted by Crippen LogP contribution is 2.36. The molecule has 2 atom stereocenters. The predicted molar refractivity (Wildman–Crippen MR) is 74.3 cm³/mol. The molecule has 0 saturated heterocycles. The monoisotopic (exact) mass is 252 g/mol. The van der Waals surface area contributed by atoms with Gasteiger partial charge in [-0.2, -0.15) is 0 Å². The van der Waals surface area contributed by atoms with Gasteiger partial charge in [0.1, 0.15) is 5.01 Å². The van der Waals surface area contributed by atoms with Gasteiger partial charge in [-0.15, -0.1) is 11.3 Å². The minimum absolute atomic E-state index is 0.241. The quantitative estimate of drug-likeness (QED) is 0.894. The topological polar surface area (TPSA) is 38.9 Å². The first-order chi connectivity index (χ1) is 7.94. The molecule has 2 rings (SSSR count). The van der Waals surface area contributed by atoms with Crippen LogP contribution in [0, 0.1) is 11.8 Å². The van der Waals surface area contributed by atoms with Crippen molar-refractivity contribution in [3.8, 4) is 0 Å². The fraction of sp³-hybridized carbons (Fsp3) is 0.786. The maximum atomic E-state index is 6.29. The third kappa shape index (κ3) is 2.55. The van der Waals surface area contributed by atoms with E-state index in [0.717, 1.165) is 29.7 Å². The van der Waals surface area contributed by atoms with Crippen molar-refractivity contribution in [2.45, 2.75) is 58.9 Å². The van der Waals surface area contributed by atoms with Gasteiger partial charge in [-0.05, 0) is 44.4 Å². The second-order valence-corrected chi connectivity index (χ2v) is 6.99. The van der Waals surface area contributed by atoms with Crippen LogP contribution in [0.4, 0.5) is 0 Å². The largest absolute Gasteiger partial charge is 0.320 e. The van der Waals surface area contributed by atoms with Crippen LogP contribution >= 0.6 is 11.3 Å². The van der Waals surface area contributed by atoms with Crippen molar-refractivity contribution in [1.29, 1.82) is 0 Å². The molecule has 17 heavy (non-hydrogen) atoms. The molecule has 0 aromatic carbocycles. The molecule has 1 aliphatic rings. The third-order valence-corrected chi connectivity index (χ3v) is 5.54. The van der Waals surface area contributed by atoms with E-state index in [-0.39, 0.29) is 5.54 Å². The lowest BCUT2D eigenvalue weighted by Crippen LogP contribution is -2.31. The molecule has 96 valence electrons. The van der Waals surface area contributed by atoms with Crippen molar-refractivity contribution in [3.63, 3.8) is 0 Å². The lowest BCUT2D eigenvalue weighted by molar-refractivity contribution is 0.343. The summed E-state index contributed by atoms with van der Waals surface area (Å²) in [5.74, 6) is 1.62. The molecule has 0 radical (unpaired) electrons. The Bertz CT molecular complexity index is 393. The van der Waals surface area contributed by atoms with E-state index in [2.05, 4.69) is 27.7 Å². The zero-order valence-corrected chi connectivity index (χ0v) is 12.2. The minimum Gasteiger partial charge on any atom is -0.320 e. The number of hydrogen-bond acceptors (Lipinski definition) is 3. The Hall–Kier alpha value is -0.410. The first-order valence-electron chi connectivity index (χ1n) is 6.72. The third-order valence-electron chi connectivity index (χ3n) is 4.14. The number of rotatable bonds is 3. The Kier molecular flexibility index (Phi) is 3.60. The van der Waals surface area contributed by atoms with Crippen molar-refractivity contribution in [2.75, 3.05) is 0 Å². The summed E-state index contributed by atoms with van der Waals surface area (Å²) in [6.07, 6.45) is 4.60. The average molecular weight is 252 g/mol. The molecule has 0 saturated carbocycles. The summed E-state index contributed by atoms with van der Waals surface area (Å²) in [6, 6.07) is 0. The SMILES string of the molecule is CCC(C)(N)c1nc2c(s1)CC(C(C)C)CC2. The van der Waals surface area contributed by atoms with Gasteiger partial charge in [0, 0.05) is 4.88 Å². The number of aryl methyl sites for hydroxylation is 1. The zero-order valence-electron chi connectivity index (χ0n) is 11.4. The van der Waals surface area contributed by atoms with E-state index >= 15 is 0 Å². The summed E-state index contributed by atoms with van der Waals surface area (Å²) in [5, 5.41) is 1.13. The van der Waals surface area contributed by atoms with Crippen LogP contribution in [-0.4, -0.2) is 4.98 Å². The Balaban J connectivity index is 2.23. The Labute approximate surface area is 109 Å². The number of aromatic nitrogens is 1.